The SMILES string of the molecule is CC1(C)CCC[C@@]2(C#N)C(=O)CCC[C@H]12. The normalized spacial score (nSPS) is 39.3. The Bertz CT molecular complexity index is 326. The van der Waals surface area contributed by atoms with Crippen LogP contribution in [0.3, 0.4) is 0 Å². The van der Waals surface area contributed by atoms with E-state index < -0.39 is 5.41 Å². The van der Waals surface area contributed by atoms with Gasteiger partial charge in [0.1, 0.15) is 5.41 Å². The van der Waals surface area contributed by atoms with Gasteiger partial charge in [-0.2, -0.15) is 5.26 Å². The average Bonchev–Trinajstić information content (AvgIpc) is 2.19. The largest absolute Gasteiger partial charge is 0.298 e. The standard InChI is InChI=1S/C13H19NO/c1-12(2)7-4-8-13(9-14)10(12)5-3-6-11(13)15/h10H,3-8H2,1-2H3/t10-,13+/m1/s1. The van der Waals surface area contributed by atoms with E-state index >= 15 is 0 Å². The van der Waals surface area contributed by atoms with Crippen molar-refractivity contribution in [3.8, 4) is 6.07 Å². The third-order valence-corrected chi connectivity index (χ3v) is 4.52. The molecule has 2 atom stereocenters. The summed E-state index contributed by atoms with van der Waals surface area (Å²) < 4.78 is 0. The van der Waals surface area contributed by atoms with Gasteiger partial charge in [0.2, 0.25) is 0 Å². The first kappa shape index (κ1) is 10.7. The zero-order valence-electron chi connectivity index (χ0n) is 9.68. The van der Waals surface area contributed by atoms with Gasteiger partial charge in [0.15, 0.2) is 5.78 Å². The highest BCUT2D eigenvalue weighted by Crippen LogP contribution is 2.55. The van der Waals surface area contributed by atoms with Crippen molar-refractivity contribution in [3.05, 3.63) is 0 Å². The monoisotopic (exact) mass is 205 g/mol. The maximum absolute atomic E-state index is 12.0. The minimum Gasteiger partial charge on any atom is -0.298 e. The molecule has 0 saturated heterocycles. The van der Waals surface area contributed by atoms with Crippen molar-refractivity contribution in [3.63, 3.8) is 0 Å². The summed E-state index contributed by atoms with van der Waals surface area (Å²) in [5.74, 6) is 0.513. The van der Waals surface area contributed by atoms with Crippen LogP contribution in [0.4, 0.5) is 0 Å². The molecule has 0 unspecified atom stereocenters. The van der Waals surface area contributed by atoms with Gasteiger partial charge in [-0.15, -0.1) is 0 Å². The molecule has 0 spiro atoms. The number of rotatable bonds is 0. The molecule has 0 heterocycles. The van der Waals surface area contributed by atoms with Gasteiger partial charge in [-0.05, 0) is 37.0 Å². The number of nitriles is 1. The van der Waals surface area contributed by atoms with E-state index in [1.807, 2.05) is 0 Å². The molecular formula is C13H19NO. The van der Waals surface area contributed by atoms with Gasteiger partial charge < -0.3 is 0 Å². The van der Waals surface area contributed by atoms with Crippen molar-refractivity contribution in [1.29, 1.82) is 5.26 Å². The van der Waals surface area contributed by atoms with Gasteiger partial charge in [0.25, 0.3) is 0 Å². The molecule has 15 heavy (non-hydrogen) atoms. The van der Waals surface area contributed by atoms with Crippen LogP contribution in [0.25, 0.3) is 0 Å². The topological polar surface area (TPSA) is 40.9 Å². The summed E-state index contributed by atoms with van der Waals surface area (Å²) in [6.07, 6.45) is 5.66. The first-order valence-electron chi connectivity index (χ1n) is 5.97. The lowest BCUT2D eigenvalue weighted by Crippen LogP contribution is -2.50. The lowest BCUT2D eigenvalue weighted by molar-refractivity contribution is -0.138. The number of Topliss-reactive ketones (excluding diaryl/α,β-unsaturated/α-hetero) is 1. The molecule has 2 rings (SSSR count). The Labute approximate surface area is 91.7 Å². The van der Waals surface area contributed by atoms with E-state index in [1.54, 1.807) is 0 Å². The summed E-state index contributed by atoms with van der Waals surface area (Å²) in [5.41, 5.74) is -0.454. The minimum absolute atomic E-state index is 0.171. The van der Waals surface area contributed by atoms with Gasteiger partial charge in [0.05, 0.1) is 6.07 Å². The number of carbonyl (C=O) groups is 1. The Hall–Kier alpha value is -0.840. The van der Waals surface area contributed by atoms with Gasteiger partial charge in [-0.1, -0.05) is 20.3 Å². The van der Waals surface area contributed by atoms with Gasteiger partial charge in [0, 0.05) is 6.42 Å². The maximum Gasteiger partial charge on any atom is 0.153 e. The number of nitrogens with zero attached hydrogens (tertiary/aromatic N) is 1. The summed E-state index contributed by atoms with van der Waals surface area (Å²) >= 11 is 0. The van der Waals surface area contributed by atoms with Crippen LogP contribution >= 0.6 is 0 Å². The van der Waals surface area contributed by atoms with Gasteiger partial charge in [-0.25, -0.2) is 0 Å². The minimum atomic E-state index is -0.625. The number of hydrogen-bond acceptors (Lipinski definition) is 2. The van der Waals surface area contributed by atoms with Crippen molar-refractivity contribution in [1.82, 2.24) is 0 Å². The molecule has 2 aliphatic carbocycles. The predicted octanol–water partition coefficient (Wildman–Crippen LogP) is 3.08. The van der Waals surface area contributed by atoms with Crippen molar-refractivity contribution in [2.24, 2.45) is 16.7 Å². The Morgan fingerprint density at radius 2 is 2.07 bits per heavy atom. The fourth-order valence-electron chi connectivity index (χ4n) is 3.70. The van der Waals surface area contributed by atoms with Crippen LogP contribution in [-0.4, -0.2) is 5.78 Å². The Kier molecular flexibility index (Phi) is 2.37. The number of ketones is 1. The maximum atomic E-state index is 12.0. The van der Waals surface area contributed by atoms with E-state index in [4.69, 9.17) is 0 Å². The fourth-order valence-corrected chi connectivity index (χ4v) is 3.70. The molecule has 82 valence electrons. The molecule has 2 fully saturated rings. The zero-order valence-corrected chi connectivity index (χ0v) is 9.68. The Morgan fingerprint density at radius 3 is 2.67 bits per heavy atom. The van der Waals surface area contributed by atoms with E-state index in [9.17, 15) is 10.1 Å². The average molecular weight is 205 g/mol. The molecule has 0 N–H and O–H groups in total. The summed E-state index contributed by atoms with van der Waals surface area (Å²) in [7, 11) is 0. The molecule has 2 aliphatic rings. The highest BCUT2D eigenvalue weighted by atomic mass is 16.1. The van der Waals surface area contributed by atoms with Crippen LogP contribution in [-0.2, 0) is 4.79 Å². The molecule has 0 radical (unpaired) electrons. The molecular weight excluding hydrogens is 186 g/mol. The summed E-state index contributed by atoms with van der Waals surface area (Å²) in [6, 6.07) is 2.38. The van der Waals surface area contributed by atoms with Crippen molar-refractivity contribution >= 4 is 5.78 Å². The molecule has 2 saturated carbocycles. The molecule has 2 nitrogen and oxygen atoms in total. The summed E-state index contributed by atoms with van der Waals surface area (Å²) in [6.45, 7) is 4.45. The van der Waals surface area contributed by atoms with Crippen LogP contribution in [0.5, 0.6) is 0 Å². The van der Waals surface area contributed by atoms with Crippen LogP contribution < -0.4 is 0 Å². The number of fused-ring (bicyclic) bond motifs is 1. The van der Waals surface area contributed by atoms with Gasteiger partial charge >= 0.3 is 0 Å². The second kappa shape index (κ2) is 3.33. The molecule has 0 aromatic carbocycles. The second-order valence-corrected chi connectivity index (χ2v) is 5.79. The number of hydrogen-bond donors (Lipinski definition) is 0. The van der Waals surface area contributed by atoms with E-state index in [0.29, 0.717) is 12.3 Å². The fraction of sp³-hybridized carbons (Fsp3) is 0.846. The van der Waals surface area contributed by atoms with Crippen molar-refractivity contribution < 1.29 is 4.79 Å². The first-order chi connectivity index (χ1) is 7.03. The molecule has 0 bridgehead atoms. The lowest BCUT2D eigenvalue weighted by Gasteiger charge is -2.50. The van der Waals surface area contributed by atoms with Crippen LogP contribution in [0.2, 0.25) is 0 Å². The molecule has 0 amide bonds. The highest BCUT2D eigenvalue weighted by Gasteiger charge is 2.55. The highest BCUT2D eigenvalue weighted by molar-refractivity contribution is 5.88. The van der Waals surface area contributed by atoms with Crippen LogP contribution in [0.1, 0.15) is 52.4 Å². The lowest BCUT2D eigenvalue weighted by atomic mass is 9.51. The number of carbonyl (C=O) groups excluding carboxylic acids is 1. The molecule has 0 aliphatic heterocycles. The first-order valence-corrected chi connectivity index (χ1v) is 5.97. The van der Waals surface area contributed by atoms with Crippen molar-refractivity contribution in [2.75, 3.05) is 0 Å². The van der Waals surface area contributed by atoms with E-state index in [1.165, 1.54) is 0 Å². The van der Waals surface area contributed by atoms with E-state index in [0.717, 1.165) is 32.1 Å². The molecule has 2 heteroatoms. The zero-order chi connectivity index (χ0) is 11.1. The van der Waals surface area contributed by atoms with Crippen molar-refractivity contribution in [2.45, 2.75) is 52.4 Å². The van der Waals surface area contributed by atoms with E-state index in [2.05, 4.69) is 19.9 Å². The molecule has 0 aromatic rings. The smallest absolute Gasteiger partial charge is 0.153 e. The van der Waals surface area contributed by atoms with Crippen LogP contribution in [0.15, 0.2) is 0 Å². The third kappa shape index (κ3) is 1.40. The summed E-state index contributed by atoms with van der Waals surface area (Å²) in [5, 5.41) is 9.41. The summed E-state index contributed by atoms with van der Waals surface area (Å²) in [4.78, 5) is 12.0. The van der Waals surface area contributed by atoms with Crippen LogP contribution in [0, 0.1) is 28.1 Å². The predicted molar refractivity (Wildman–Crippen MR) is 58.0 cm³/mol. The Morgan fingerprint density at radius 1 is 1.33 bits per heavy atom. The Balaban J connectivity index is 2.42. The van der Waals surface area contributed by atoms with E-state index in [-0.39, 0.29) is 11.2 Å². The quantitative estimate of drug-likeness (QED) is 0.609. The third-order valence-electron chi connectivity index (χ3n) is 4.52. The molecule has 0 aromatic heterocycles. The van der Waals surface area contributed by atoms with Gasteiger partial charge in [-0.3, -0.25) is 4.79 Å². The second-order valence-electron chi connectivity index (χ2n) is 5.79.